The van der Waals surface area contributed by atoms with E-state index in [9.17, 15) is 4.79 Å². The van der Waals surface area contributed by atoms with Crippen LogP contribution >= 0.6 is 0 Å². The minimum absolute atomic E-state index is 0.00203. The Labute approximate surface area is 115 Å². The molecule has 0 bridgehead atoms. The van der Waals surface area contributed by atoms with Gasteiger partial charge in [0.1, 0.15) is 0 Å². The van der Waals surface area contributed by atoms with Crippen molar-refractivity contribution < 1.29 is 4.74 Å². The number of aryl methyl sites for hydroxylation is 1. The van der Waals surface area contributed by atoms with Crippen LogP contribution in [0.1, 0.15) is 20.3 Å². The predicted octanol–water partition coefficient (Wildman–Crippen LogP) is 1.18. The smallest absolute Gasteiger partial charge is 0.250 e. The Morgan fingerprint density at radius 1 is 1.37 bits per heavy atom. The van der Waals surface area contributed by atoms with Gasteiger partial charge in [0.15, 0.2) is 0 Å². The summed E-state index contributed by atoms with van der Waals surface area (Å²) in [4.78, 5) is 14.0. The molecule has 0 saturated heterocycles. The summed E-state index contributed by atoms with van der Waals surface area (Å²) >= 11 is 0. The quantitative estimate of drug-likeness (QED) is 0.768. The van der Waals surface area contributed by atoms with Crippen LogP contribution < -0.4 is 11.3 Å². The van der Waals surface area contributed by atoms with Gasteiger partial charge in [0.05, 0.1) is 6.61 Å². The maximum absolute atomic E-state index is 11.6. The lowest BCUT2D eigenvalue weighted by atomic mass is 10.2. The van der Waals surface area contributed by atoms with Crippen molar-refractivity contribution in [2.45, 2.75) is 32.9 Å². The van der Waals surface area contributed by atoms with E-state index >= 15 is 0 Å². The van der Waals surface area contributed by atoms with Crippen LogP contribution in [0, 0.1) is 0 Å². The summed E-state index contributed by atoms with van der Waals surface area (Å²) in [6, 6.07) is 3.63. The number of anilines is 1. The molecule has 0 aliphatic carbocycles. The molecule has 0 amide bonds. The van der Waals surface area contributed by atoms with Crippen molar-refractivity contribution in [2.75, 3.05) is 32.5 Å². The van der Waals surface area contributed by atoms with Gasteiger partial charge in [0.2, 0.25) is 0 Å². The lowest BCUT2D eigenvalue weighted by Crippen LogP contribution is -2.35. The molecule has 0 aliphatic heterocycles. The summed E-state index contributed by atoms with van der Waals surface area (Å²) in [5.74, 6) is 0. The number of nitrogens with zero attached hydrogens (tertiary/aromatic N) is 2. The highest BCUT2D eigenvalue weighted by Crippen LogP contribution is 2.02. The molecule has 0 radical (unpaired) electrons. The maximum atomic E-state index is 11.6. The molecule has 0 fully saturated rings. The number of ether oxygens (including phenoxy) is 1. The van der Waals surface area contributed by atoms with Crippen LogP contribution in [0.15, 0.2) is 23.1 Å². The normalized spacial score (nSPS) is 11.4. The number of pyridine rings is 1. The Bertz CT molecular complexity index is 429. The van der Waals surface area contributed by atoms with Crippen molar-refractivity contribution in [1.82, 2.24) is 9.47 Å². The molecule has 1 aromatic rings. The first-order valence-electron chi connectivity index (χ1n) is 6.73. The summed E-state index contributed by atoms with van der Waals surface area (Å²) in [5.41, 5.74) is 6.31. The number of aromatic nitrogens is 1. The van der Waals surface area contributed by atoms with E-state index in [0.717, 1.165) is 26.1 Å². The van der Waals surface area contributed by atoms with Gasteiger partial charge in [-0.2, -0.15) is 0 Å². The molecule has 0 saturated carbocycles. The number of hydrogen-bond donors (Lipinski definition) is 1. The molecular formula is C14H25N3O2. The summed E-state index contributed by atoms with van der Waals surface area (Å²) in [6.45, 7) is 7.63. The van der Waals surface area contributed by atoms with Gasteiger partial charge in [-0.15, -0.1) is 0 Å². The zero-order valence-electron chi connectivity index (χ0n) is 12.1. The van der Waals surface area contributed by atoms with Crippen LogP contribution in [0.25, 0.3) is 0 Å². The highest BCUT2D eigenvalue weighted by atomic mass is 16.5. The first-order chi connectivity index (χ1) is 9.04. The van der Waals surface area contributed by atoms with Gasteiger partial charge in [-0.05, 0) is 26.3 Å². The molecule has 108 valence electrons. The number of rotatable bonds is 8. The lowest BCUT2D eigenvalue weighted by Gasteiger charge is -2.26. The van der Waals surface area contributed by atoms with E-state index in [0.29, 0.717) is 18.3 Å². The SMILES string of the molecule is COCCN(CCCn1cc(N)ccc1=O)C(C)C. The van der Waals surface area contributed by atoms with E-state index in [1.165, 1.54) is 6.07 Å². The zero-order valence-corrected chi connectivity index (χ0v) is 12.1. The van der Waals surface area contributed by atoms with E-state index in [2.05, 4.69) is 18.7 Å². The van der Waals surface area contributed by atoms with Crippen LogP contribution in [0.4, 0.5) is 5.69 Å². The molecule has 5 heteroatoms. The van der Waals surface area contributed by atoms with Crippen molar-refractivity contribution in [3.05, 3.63) is 28.7 Å². The molecule has 0 spiro atoms. The van der Waals surface area contributed by atoms with Crippen molar-refractivity contribution in [1.29, 1.82) is 0 Å². The molecule has 19 heavy (non-hydrogen) atoms. The molecule has 0 atom stereocenters. The summed E-state index contributed by atoms with van der Waals surface area (Å²) in [7, 11) is 1.71. The number of nitrogens with two attached hydrogens (primary N) is 1. The summed E-state index contributed by atoms with van der Waals surface area (Å²) < 4.78 is 6.78. The molecular weight excluding hydrogens is 242 g/mol. The first kappa shape index (κ1) is 15.7. The average molecular weight is 267 g/mol. The van der Waals surface area contributed by atoms with Crippen LogP contribution in [0.2, 0.25) is 0 Å². The second kappa shape index (κ2) is 7.96. The van der Waals surface area contributed by atoms with Gasteiger partial charge in [-0.3, -0.25) is 9.69 Å². The van der Waals surface area contributed by atoms with Crippen LogP contribution in [-0.4, -0.2) is 42.3 Å². The topological polar surface area (TPSA) is 60.5 Å². The Morgan fingerprint density at radius 2 is 2.11 bits per heavy atom. The fourth-order valence-electron chi connectivity index (χ4n) is 2.01. The van der Waals surface area contributed by atoms with Crippen LogP contribution in [0.5, 0.6) is 0 Å². The monoisotopic (exact) mass is 267 g/mol. The summed E-state index contributed by atoms with van der Waals surface area (Å²) in [6.07, 6.45) is 2.63. The van der Waals surface area contributed by atoms with Crippen molar-refractivity contribution in [2.24, 2.45) is 0 Å². The van der Waals surface area contributed by atoms with Crippen molar-refractivity contribution in [3.8, 4) is 0 Å². The van der Waals surface area contributed by atoms with Gasteiger partial charge in [-0.1, -0.05) is 0 Å². The van der Waals surface area contributed by atoms with Crippen LogP contribution in [0.3, 0.4) is 0 Å². The third-order valence-electron chi connectivity index (χ3n) is 3.16. The van der Waals surface area contributed by atoms with E-state index in [1.54, 1.807) is 23.9 Å². The predicted molar refractivity (Wildman–Crippen MR) is 78.3 cm³/mol. The standard InChI is InChI=1S/C14H25N3O2/c1-12(2)16(9-10-19-3)7-4-8-17-11-13(15)5-6-14(17)18/h5-6,11-12H,4,7-10,15H2,1-3H3. The Kier molecular flexibility index (Phi) is 6.59. The Hall–Kier alpha value is -1.33. The molecule has 1 heterocycles. The van der Waals surface area contributed by atoms with Gasteiger partial charge < -0.3 is 15.0 Å². The van der Waals surface area contributed by atoms with Crippen molar-refractivity contribution in [3.63, 3.8) is 0 Å². The molecule has 0 unspecified atom stereocenters. The molecule has 1 aromatic heterocycles. The largest absolute Gasteiger partial charge is 0.398 e. The molecule has 5 nitrogen and oxygen atoms in total. The van der Waals surface area contributed by atoms with E-state index in [-0.39, 0.29) is 5.56 Å². The van der Waals surface area contributed by atoms with Gasteiger partial charge in [-0.25, -0.2) is 0 Å². The van der Waals surface area contributed by atoms with E-state index < -0.39 is 0 Å². The highest BCUT2D eigenvalue weighted by molar-refractivity contribution is 5.33. The second-order valence-electron chi connectivity index (χ2n) is 4.97. The fraction of sp³-hybridized carbons (Fsp3) is 0.643. The Morgan fingerprint density at radius 3 is 2.74 bits per heavy atom. The second-order valence-corrected chi connectivity index (χ2v) is 4.97. The van der Waals surface area contributed by atoms with E-state index in [4.69, 9.17) is 10.5 Å². The highest BCUT2D eigenvalue weighted by Gasteiger charge is 2.08. The Balaban J connectivity index is 2.47. The molecule has 0 aromatic carbocycles. The average Bonchev–Trinajstić information content (AvgIpc) is 2.37. The van der Waals surface area contributed by atoms with Crippen LogP contribution in [-0.2, 0) is 11.3 Å². The molecule has 1 rings (SSSR count). The third kappa shape index (κ3) is 5.44. The minimum Gasteiger partial charge on any atom is -0.398 e. The lowest BCUT2D eigenvalue weighted by molar-refractivity contribution is 0.127. The fourth-order valence-corrected chi connectivity index (χ4v) is 2.01. The summed E-state index contributed by atoms with van der Waals surface area (Å²) in [5, 5.41) is 0. The molecule has 0 aliphatic rings. The van der Waals surface area contributed by atoms with Gasteiger partial charge >= 0.3 is 0 Å². The minimum atomic E-state index is 0.00203. The third-order valence-corrected chi connectivity index (χ3v) is 3.16. The number of nitrogen functional groups attached to an aromatic ring is 1. The van der Waals surface area contributed by atoms with Gasteiger partial charge in [0, 0.05) is 50.7 Å². The zero-order chi connectivity index (χ0) is 14.3. The maximum Gasteiger partial charge on any atom is 0.250 e. The first-order valence-corrected chi connectivity index (χ1v) is 6.73. The number of hydrogen-bond acceptors (Lipinski definition) is 4. The van der Waals surface area contributed by atoms with E-state index in [1.807, 2.05) is 0 Å². The van der Waals surface area contributed by atoms with Crippen molar-refractivity contribution >= 4 is 5.69 Å². The number of methoxy groups -OCH3 is 1. The van der Waals surface area contributed by atoms with Gasteiger partial charge in [0.25, 0.3) is 5.56 Å². The molecule has 2 N–H and O–H groups in total.